The third-order valence-electron chi connectivity index (χ3n) is 2.92. The molecule has 2 rings (SSSR count). The summed E-state index contributed by atoms with van der Waals surface area (Å²) in [5.41, 5.74) is 0.247. The summed E-state index contributed by atoms with van der Waals surface area (Å²) in [6, 6.07) is 1.50. The second kappa shape index (κ2) is 4.47. The molecule has 0 saturated carbocycles. The first-order valence-electron chi connectivity index (χ1n) is 5.59. The molecule has 88 valence electrons. The highest BCUT2D eigenvalue weighted by Crippen LogP contribution is 2.21. The molecule has 3 nitrogen and oxygen atoms in total. The Hall–Kier alpha value is -1.00. The van der Waals surface area contributed by atoms with Crippen molar-refractivity contribution in [2.75, 3.05) is 13.1 Å². The van der Waals surface area contributed by atoms with Crippen LogP contribution in [0, 0.1) is 5.82 Å². The summed E-state index contributed by atoms with van der Waals surface area (Å²) in [7, 11) is 0. The van der Waals surface area contributed by atoms with Crippen molar-refractivity contribution in [1.82, 2.24) is 9.88 Å². The lowest BCUT2D eigenvalue weighted by molar-refractivity contribution is -0.0181. The predicted octanol–water partition coefficient (Wildman–Crippen LogP) is 1.57. The van der Waals surface area contributed by atoms with Gasteiger partial charge in [-0.05, 0) is 37.9 Å². The van der Waals surface area contributed by atoms with E-state index in [9.17, 15) is 9.50 Å². The number of hydrogen-bond acceptors (Lipinski definition) is 3. The quantitative estimate of drug-likeness (QED) is 0.828. The van der Waals surface area contributed by atoms with Gasteiger partial charge in [0.1, 0.15) is 5.82 Å². The fourth-order valence-corrected chi connectivity index (χ4v) is 2.26. The van der Waals surface area contributed by atoms with Gasteiger partial charge in [-0.15, -0.1) is 0 Å². The summed E-state index contributed by atoms with van der Waals surface area (Å²) in [5, 5.41) is 9.95. The lowest BCUT2D eigenvalue weighted by Gasteiger charge is -2.36. The van der Waals surface area contributed by atoms with Crippen molar-refractivity contribution in [3.63, 3.8) is 0 Å². The molecule has 1 saturated heterocycles. The lowest BCUT2D eigenvalue weighted by Crippen LogP contribution is -2.45. The molecule has 1 N–H and O–H groups in total. The normalized spacial score (nSPS) is 26.9. The Morgan fingerprint density at radius 3 is 3.06 bits per heavy atom. The molecular formula is C12H17FN2O. The number of hydrogen-bond donors (Lipinski definition) is 1. The molecular weight excluding hydrogens is 207 g/mol. The highest BCUT2D eigenvalue weighted by Gasteiger charge is 2.28. The Kier molecular flexibility index (Phi) is 3.21. The van der Waals surface area contributed by atoms with Crippen LogP contribution in [0.15, 0.2) is 18.5 Å². The van der Waals surface area contributed by atoms with E-state index in [1.807, 2.05) is 6.92 Å². The Morgan fingerprint density at radius 2 is 2.38 bits per heavy atom. The summed E-state index contributed by atoms with van der Waals surface area (Å²) in [4.78, 5) is 5.96. The van der Waals surface area contributed by atoms with Gasteiger partial charge in [0, 0.05) is 19.3 Å². The summed E-state index contributed by atoms with van der Waals surface area (Å²) in [6.45, 7) is 4.10. The number of aromatic nitrogens is 1. The molecule has 0 amide bonds. The van der Waals surface area contributed by atoms with Crippen LogP contribution in [0.4, 0.5) is 4.39 Å². The van der Waals surface area contributed by atoms with Gasteiger partial charge < -0.3 is 5.11 Å². The third-order valence-corrected chi connectivity index (χ3v) is 2.92. The van der Waals surface area contributed by atoms with Crippen LogP contribution >= 0.6 is 0 Å². The summed E-state index contributed by atoms with van der Waals surface area (Å²) < 4.78 is 12.9. The van der Waals surface area contributed by atoms with E-state index in [1.165, 1.54) is 12.3 Å². The highest BCUT2D eigenvalue weighted by molar-refractivity contribution is 5.10. The molecule has 1 aliphatic rings. The minimum Gasteiger partial charge on any atom is -0.389 e. The average molecular weight is 224 g/mol. The Bertz CT molecular complexity index is 368. The summed E-state index contributed by atoms with van der Waals surface area (Å²) in [6.07, 6.45) is 4.70. The Labute approximate surface area is 94.9 Å². The molecule has 0 aliphatic carbocycles. The van der Waals surface area contributed by atoms with E-state index in [2.05, 4.69) is 9.88 Å². The second-order valence-electron chi connectivity index (χ2n) is 4.82. The van der Waals surface area contributed by atoms with E-state index in [-0.39, 0.29) is 5.82 Å². The molecule has 16 heavy (non-hydrogen) atoms. The number of rotatable bonds is 2. The molecule has 0 spiro atoms. The zero-order valence-corrected chi connectivity index (χ0v) is 9.49. The number of β-amino-alcohol motifs (C(OH)–C–C–N with tert-alkyl or cyclic N) is 1. The molecule has 1 unspecified atom stereocenters. The number of likely N-dealkylation sites (tertiary alicyclic amines) is 1. The van der Waals surface area contributed by atoms with Crippen molar-refractivity contribution in [3.05, 3.63) is 29.8 Å². The van der Waals surface area contributed by atoms with Crippen LogP contribution < -0.4 is 0 Å². The number of nitrogens with zero attached hydrogens (tertiary/aromatic N) is 2. The van der Waals surface area contributed by atoms with Gasteiger partial charge in [-0.2, -0.15) is 0 Å². The number of aliphatic hydroxyl groups is 1. The van der Waals surface area contributed by atoms with Crippen LogP contribution in [0.1, 0.15) is 25.3 Å². The smallest absolute Gasteiger partial charge is 0.141 e. The van der Waals surface area contributed by atoms with Crippen molar-refractivity contribution in [3.8, 4) is 0 Å². The van der Waals surface area contributed by atoms with Crippen LogP contribution in [-0.2, 0) is 6.54 Å². The molecule has 0 radical (unpaired) electrons. The van der Waals surface area contributed by atoms with E-state index < -0.39 is 5.60 Å². The van der Waals surface area contributed by atoms with Crippen molar-refractivity contribution < 1.29 is 9.50 Å². The first-order valence-corrected chi connectivity index (χ1v) is 5.59. The SMILES string of the molecule is CC1(O)CCCN(Cc2cncc(F)c2)C1. The average Bonchev–Trinajstić information content (AvgIpc) is 2.15. The molecule has 1 atom stereocenters. The maximum Gasteiger partial charge on any atom is 0.141 e. The van der Waals surface area contributed by atoms with Crippen LogP contribution in [0.5, 0.6) is 0 Å². The molecule has 4 heteroatoms. The van der Waals surface area contributed by atoms with E-state index in [0.717, 1.165) is 24.9 Å². The van der Waals surface area contributed by atoms with Gasteiger partial charge in [0.25, 0.3) is 0 Å². The zero-order valence-electron chi connectivity index (χ0n) is 9.49. The van der Waals surface area contributed by atoms with Gasteiger partial charge in [0.15, 0.2) is 0 Å². The summed E-state index contributed by atoms with van der Waals surface area (Å²) >= 11 is 0. The third kappa shape index (κ3) is 3.00. The topological polar surface area (TPSA) is 36.4 Å². The van der Waals surface area contributed by atoms with Crippen LogP contribution in [-0.4, -0.2) is 33.7 Å². The Balaban J connectivity index is 1.99. The monoisotopic (exact) mass is 224 g/mol. The largest absolute Gasteiger partial charge is 0.389 e. The maximum absolute atomic E-state index is 12.9. The summed E-state index contributed by atoms with van der Waals surface area (Å²) in [5.74, 6) is -0.304. The molecule has 1 aromatic heterocycles. The predicted molar refractivity (Wildman–Crippen MR) is 59.3 cm³/mol. The fraction of sp³-hybridized carbons (Fsp3) is 0.583. The van der Waals surface area contributed by atoms with Crippen LogP contribution in [0.2, 0.25) is 0 Å². The minimum absolute atomic E-state index is 0.304. The van der Waals surface area contributed by atoms with Gasteiger partial charge >= 0.3 is 0 Å². The van der Waals surface area contributed by atoms with E-state index in [4.69, 9.17) is 0 Å². The number of piperidine rings is 1. The van der Waals surface area contributed by atoms with Crippen molar-refractivity contribution in [2.45, 2.75) is 31.9 Å². The van der Waals surface area contributed by atoms with E-state index >= 15 is 0 Å². The zero-order chi connectivity index (χ0) is 11.6. The number of pyridine rings is 1. The van der Waals surface area contributed by atoms with Gasteiger partial charge in [0.2, 0.25) is 0 Å². The first kappa shape index (κ1) is 11.5. The van der Waals surface area contributed by atoms with Gasteiger partial charge in [-0.3, -0.25) is 9.88 Å². The van der Waals surface area contributed by atoms with Crippen LogP contribution in [0.3, 0.4) is 0 Å². The molecule has 0 bridgehead atoms. The number of halogens is 1. The maximum atomic E-state index is 12.9. The molecule has 0 aromatic carbocycles. The molecule has 1 fully saturated rings. The second-order valence-corrected chi connectivity index (χ2v) is 4.82. The Morgan fingerprint density at radius 1 is 1.56 bits per heavy atom. The van der Waals surface area contributed by atoms with Gasteiger partial charge in [0.05, 0.1) is 11.8 Å². The first-order chi connectivity index (χ1) is 7.55. The molecule has 1 aromatic rings. The lowest BCUT2D eigenvalue weighted by atomic mass is 9.95. The van der Waals surface area contributed by atoms with Crippen LogP contribution in [0.25, 0.3) is 0 Å². The van der Waals surface area contributed by atoms with Gasteiger partial charge in [-0.1, -0.05) is 0 Å². The highest BCUT2D eigenvalue weighted by atomic mass is 19.1. The molecule has 1 aliphatic heterocycles. The minimum atomic E-state index is -0.612. The van der Waals surface area contributed by atoms with Crippen molar-refractivity contribution >= 4 is 0 Å². The van der Waals surface area contributed by atoms with Gasteiger partial charge in [-0.25, -0.2) is 4.39 Å². The van der Waals surface area contributed by atoms with E-state index in [1.54, 1.807) is 6.20 Å². The standard InChI is InChI=1S/C12H17FN2O/c1-12(16)3-2-4-15(9-12)8-10-5-11(13)7-14-6-10/h5-7,16H,2-4,8-9H2,1H3. The molecule has 2 heterocycles. The van der Waals surface area contributed by atoms with Crippen molar-refractivity contribution in [2.24, 2.45) is 0 Å². The van der Waals surface area contributed by atoms with Crippen molar-refractivity contribution in [1.29, 1.82) is 0 Å². The fourth-order valence-electron chi connectivity index (χ4n) is 2.26. The van der Waals surface area contributed by atoms with E-state index in [0.29, 0.717) is 13.1 Å².